The first-order valence-electron chi connectivity index (χ1n) is 7.10. The molecule has 0 aliphatic heterocycles. The first-order valence-corrected chi connectivity index (χ1v) is 7.98. The van der Waals surface area contributed by atoms with Gasteiger partial charge in [-0.15, -0.1) is 11.3 Å². The van der Waals surface area contributed by atoms with E-state index in [2.05, 4.69) is 29.8 Å². The van der Waals surface area contributed by atoms with E-state index in [-0.39, 0.29) is 5.56 Å². The molecule has 0 spiro atoms. The quantitative estimate of drug-likeness (QED) is 0.783. The Kier molecular flexibility index (Phi) is 4.18. The molecule has 3 aromatic rings. The molecule has 0 saturated carbocycles. The van der Waals surface area contributed by atoms with Crippen molar-refractivity contribution in [1.82, 2.24) is 9.88 Å². The number of hydrogen-bond acceptors (Lipinski definition) is 3. The van der Waals surface area contributed by atoms with Crippen LogP contribution >= 0.6 is 11.3 Å². The van der Waals surface area contributed by atoms with Crippen LogP contribution in [-0.2, 0) is 6.54 Å². The number of nitrogens with zero attached hydrogens (tertiary/aromatic N) is 1. The van der Waals surface area contributed by atoms with Gasteiger partial charge >= 0.3 is 0 Å². The highest BCUT2D eigenvalue weighted by atomic mass is 32.1. The number of hydrogen-bond donors (Lipinski definition) is 1. The lowest BCUT2D eigenvalue weighted by Gasteiger charge is -2.13. The van der Waals surface area contributed by atoms with Gasteiger partial charge in [0.1, 0.15) is 0 Å². The number of aromatic nitrogens is 1. The summed E-state index contributed by atoms with van der Waals surface area (Å²) >= 11 is 1.75. The van der Waals surface area contributed by atoms with Gasteiger partial charge in [-0.25, -0.2) is 0 Å². The van der Waals surface area contributed by atoms with Crippen LogP contribution in [0.4, 0.5) is 0 Å². The molecular formula is C17H18N2OS. The molecule has 0 fully saturated rings. The topological polar surface area (TPSA) is 34.0 Å². The number of rotatable bonds is 5. The Bertz CT molecular complexity index is 777. The molecule has 4 heteroatoms. The van der Waals surface area contributed by atoms with E-state index in [9.17, 15) is 4.79 Å². The average Bonchev–Trinajstić information content (AvgIpc) is 3.04. The van der Waals surface area contributed by atoms with E-state index in [1.165, 1.54) is 4.88 Å². The van der Waals surface area contributed by atoms with Gasteiger partial charge in [-0.1, -0.05) is 24.3 Å². The minimum absolute atomic E-state index is 0.0821. The van der Waals surface area contributed by atoms with Crippen molar-refractivity contribution in [2.24, 2.45) is 0 Å². The van der Waals surface area contributed by atoms with Crippen LogP contribution in [0.25, 0.3) is 10.8 Å². The van der Waals surface area contributed by atoms with Crippen LogP contribution < -0.4 is 10.9 Å². The summed E-state index contributed by atoms with van der Waals surface area (Å²) in [4.78, 5) is 13.7. The highest BCUT2D eigenvalue weighted by molar-refractivity contribution is 7.10. The predicted octanol–water partition coefficient (Wildman–Crippen LogP) is 3.41. The van der Waals surface area contributed by atoms with Crippen molar-refractivity contribution in [3.63, 3.8) is 0 Å². The molecule has 0 bridgehead atoms. The Morgan fingerprint density at radius 2 is 2.05 bits per heavy atom. The predicted molar refractivity (Wildman–Crippen MR) is 88.9 cm³/mol. The highest BCUT2D eigenvalue weighted by Gasteiger charge is 2.06. The summed E-state index contributed by atoms with van der Waals surface area (Å²) in [5.74, 6) is 0. The molecule has 108 valence electrons. The van der Waals surface area contributed by atoms with Crippen LogP contribution in [0, 0.1) is 0 Å². The maximum Gasteiger partial charge on any atom is 0.258 e. The molecule has 1 aromatic carbocycles. The maximum absolute atomic E-state index is 12.4. The molecule has 1 unspecified atom stereocenters. The van der Waals surface area contributed by atoms with Crippen molar-refractivity contribution < 1.29 is 0 Å². The number of pyridine rings is 1. The number of fused-ring (bicyclic) bond motifs is 1. The first kappa shape index (κ1) is 14.0. The monoisotopic (exact) mass is 298 g/mol. The van der Waals surface area contributed by atoms with Gasteiger partial charge in [0.25, 0.3) is 5.56 Å². The summed E-state index contributed by atoms with van der Waals surface area (Å²) in [6.07, 6.45) is 1.88. The standard InChI is InChI=1S/C17H18N2OS/c1-13(16-7-4-12-21-16)18-9-11-19-10-8-14-5-2-3-6-15(14)17(19)20/h2-8,10,12-13,18H,9,11H2,1H3. The second-order valence-corrected chi connectivity index (χ2v) is 6.07. The van der Waals surface area contributed by atoms with Gasteiger partial charge in [-0.3, -0.25) is 4.79 Å². The fourth-order valence-electron chi connectivity index (χ4n) is 2.45. The third kappa shape index (κ3) is 3.06. The molecule has 1 atom stereocenters. The second-order valence-electron chi connectivity index (χ2n) is 5.09. The van der Waals surface area contributed by atoms with Gasteiger partial charge in [-0.05, 0) is 35.9 Å². The zero-order valence-electron chi connectivity index (χ0n) is 12.0. The molecule has 21 heavy (non-hydrogen) atoms. The molecule has 0 radical (unpaired) electrons. The van der Waals surface area contributed by atoms with E-state index in [0.717, 1.165) is 17.3 Å². The van der Waals surface area contributed by atoms with Gasteiger partial charge in [0, 0.05) is 35.6 Å². The van der Waals surface area contributed by atoms with Crippen LogP contribution in [0.3, 0.4) is 0 Å². The summed E-state index contributed by atoms with van der Waals surface area (Å²) in [5, 5.41) is 7.33. The number of benzene rings is 1. The van der Waals surface area contributed by atoms with Gasteiger partial charge in [-0.2, -0.15) is 0 Å². The lowest BCUT2D eigenvalue weighted by Crippen LogP contribution is -2.28. The minimum atomic E-state index is 0.0821. The Morgan fingerprint density at radius 3 is 2.86 bits per heavy atom. The van der Waals surface area contributed by atoms with Crippen LogP contribution in [0.15, 0.2) is 58.8 Å². The highest BCUT2D eigenvalue weighted by Crippen LogP contribution is 2.17. The summed E-state index contributed by atoms with van der Waals surface area (Å²) < 4.78 is 1.77. The zero-order chi connectivity index (χ0) is 14.7. The van der Waals surface area contributed by atoms with Crippen molar-refractivity contribution in [3.8, 4) is 0 Å². The van der Waals surface area contributed by atoms with Crippen LogP contribution in [-0.4, -0.2) is 11.1 Å². The van der Waals surface area contributed by atoms with Gasteiger partial charge in [0.15, 0.2) is 0 Å². The zero-order valence-corrected chi connectivity index (χ0v) is 12.8. The Labute approximate surface area is 127 Å². The van der Waals surface area contributed by atoms with E-state index >= 15 is 0 Å². The van der Waals surface area contributed by atoms with E-state index in [1.807, 2.05) is 36.5 Å². The Hall–Kier alpha value is -1.91. The third-order valence-corrected chi connectivity index (χ3v) is 4.71. The van der Waals surface area contributed by atoms with Crippen LogP contribution in [0.5, 0.6) is 0 Å². The molecule has 1 N–H and O–H groups in total. The van der Waals surface area contributed by atoms with Gasteiger partial charge in [0.05, 0.1) is 0 Å². The molecule has 0 aliphatic carbocycles. The summed E-state index contributed by atoms with van der Waals surface area (Å²) in [7, 11) is 0. The fourth-order valence-corrected chi connectivity index (χ4v) is 3.20. The van der Waals surface area contributed by atoms with Crippen molar-refractivity contribution in [2.75, 3.05) is 6.54 Å². The minimum Gasteiger partial charge on any atom is -0.314 e. The summed E-state index contributed by atoms with van der Waals surface area (Å²) in [5.41, 5.74) is 0.0821. The van der Waals surface area contributed by atoms with Crippen molar-refractivity contribution in [3.05, 3.63) is 69.3 Å². The van der Waals surface area contributed by atoms with Crippen molar-refractivity contribution in [2.45, 2.75) is 19.5 Å². The molecule has 0 aliphatic rings. The van der Waals surface area contributed by atoms with Gasteiger partial charge in [0.2, 0.25) is 0 Å². The largest absolute Gasteiger partial charge is 0.314 e. The second kappa shape index (κ2) is 6.24. The maximum atomic E-state index is 12.4. The lowest BCUT2D eigenvalue weighted by atomic mass is 10.2. The average molecular weight is 298 g/mol. The van der Waals surface area contributed by atoms with E-state index < -0.39 is 0 Å². The molecule has 0 amide bonds. The van der Waals surface area contributed by atoms with Crippen molar-refractivity contribution >= 4 is 22.1 Å². The van der Waals surface area contributed by atoms with Crippen LogP contribution in [0.2, 0.25) is 0 Å². The molecule has 2 heterocycles. The third-order valence-electron chi connectivity index (χ3n) is 3.66. The van der Waals surface area contributed by atoms with E-state index in [0.29, 0.717) is 12.6 Å². The summed E-state index contributed by atoms with van der Waals surface area (Å²) in [6, 6.07) is 14.2. The molecule has 2 aromatic heterocycles. The molecule has 3 nitrogen and oxygen atoms in total. The van der Waals surface area contributed by atoms with E-state index in [4.69, 9.17) is 0 Å². The molecule has 3 rings (SSSR count). The first-order chi connectivity index (χ1) is 10.3. The lowest BCUT2D eigenvalue weighted by molar-refractivity contribution is 0.531. The normalized spacial score (nSPS) is 12.6. The SMILES string of the molecule is CC(NCCn1ccc2ccccc2c1=O)c1cccs1. The summed E-state index contributed by atoms with van der Waals surface area (Å²) in [6.45, 7) is 3.60. The van der Waals surface area contributed by atoms with Crippen LogP contribution in [0.1, 0.15) is 17.8 Å². The molecule has 0 saturated heterocycles. The number of thiophene rings is 1. The van der Waals surface area contributed by atoms with Crippen molar-refractivity contribution in [1.29, 1.82) is 0 Å². The Balaban J connectivity index is 1.68. The number of nitrogens with one attached hydrogen (secondary N) is 1. The smallest absolute Gasteiger partial charge is 0.258 e. The van der Waals surface area contributed by atoms with Gasteiger partial charge < -0.3 is 9.88 Å². The molecular weight excluding hydrogens is 280 g/mol. The fraction of sp³-hybridized carbons (Fsp3) is 0.235. The van der Waals surface area contributed by atoms with E-state index in [1.54, 1.807) is 15.9 Å². The Morgan fingerprint density at radius 1 is 1.19 bits per heavy atom.